The molecule has 0 amide bonds. The van der Waals surface area contributed by atoms with Crippen LogP contribution in [0.2, 0.25) is 0 Å². The van der Waals surface area contributed by atoms with Crippen molar-refractivity contribution in [2.24, 2.45) is 0 Å². The highest BCUT2D eigenvalue weighted by molar-refractivity contribution is 7.16. The van der Waals surface area contributed by atoms with Crippen LogP contribution in [-0.4, -0.2) is 9.97 Å². The minimum absolute atomic E-state index is 0.560. The molecule has 2 aromatic rings. The first kappa shape index (κ1) is 7.68. The molecule has 62 valence electrons. The number of aromatic nitrogens is 2. The SMILES string of the molecule is CC(C)c1csc2ncncc12. The molecular formula is C9H10N2S. The van der Waals surface area contributed by atoms with Gasteiger partial charge in [-0.3, -0.25) is 0 Å². The Bertz CT molecular complexity index is 392. The Labute approximate surface area is 75.3 Å². The quantitative estimate of drug-likeness (QED) is 0.671. The van der Waals surface area contributed by atoms with Crippen LogP contribution >= 0.6 is 11.3 Å². The lowest BCUT2D eigenvalue weighted by Crippen LogP contribution is -1.84. The molecule has 0 aromatic carbocycles. The van der Waals surface area contributed by atoms with Crippen LogP contribution in [0, 0.1) is 0 Å². The molecule has 0 saturated carbocycles. The minimum atomic E-state index is 0.560. The maximum atomic E-state index is 4.19. The average Bonchev–Trinajstić information content (AvgIpc) is 2.47. The molecule has 0 radical (unpaired) electrons. The fourth-order valence-electron chi connectivity index (χ4n) is 1.24. The summed E-state index contributed by atoms with van der Waals surface area (Å²) in [5.74, 6) is 0.560. The Morgan fingerprint density at radius 2 is 2.25 bits per heavy atom. The van der Waals surface area contributed by atoms with Gasteiger partial charge in [-0.15, -0.1) is 11.3 Å². The van der Waals surface area contributed by atoms with Crippen molar-refractivity contribution in [3.8, 4) is 0 Å². The van der Waals surface area contributed by atoms with E-state index in [1.165, 1.54) is 10.9 Å². The zero-order chi connectivity index (χ0) is 8.55. The molecule has 2 nitrogen and oxygen atoms in total. The predicted molar refractivity (Wildman–Crippen MR) is 51.5 cm³/mol. The summed E-state index contributed by atoms with van der Waals surface area (Å²) < 4.78 is 0. The van der Waals surface area contributed by atoms with Crippen molar-refractivity contribution in [1.29, 1.82) is 0 Å². The second-order valence-corrected chi connectivity index (χ2v) is 3.95. The van der Waals surface area contributed by atoms with E-state index in [0.29, 0.717) is 5.92 Å². The monoisotopic (exact) mass is 178 g/mol. The van der Waals surface area contributed by atoms with Crippen LogP contribution in [0.25, 0.3) is 10.2 Å². The highest BCUT2D eigenvalue weighted by Crippen LogP contribution is 2.28. The van der Waals surface area contributed by atoms with Gasteiger partial charge in [0.15, 0.2) is 0 Å². The summed E-state index contributed by atoms with van der Waals surface area (Å²) >= 11 is 1.69. The molecule has 0 atom stereocenters. The fourth-order valence-corrected chi connectivity index (χ4v) is 2.28. The molecule has 2 rings (SSSR count). The molecule has 0 aliphatic carbocycles. The minimum Gasteiger partial charge on any atom is -0.244 e. The van der Waals surface area contributed by atoms with Crippen LogP contribution in [0.4, 0.5) is 0 Å². The zero-order valence-electron chi connectivity index (χ0n) is 7.11. The van der Waals surface area contributed by atoms with Gasteiger partial charge in [-0.25, -0.2) is 9.97 Å². The molecule has 12 heavy (non-hydrogen) atoms. The summed E-state index contributed by atoms with van der Waals surface area (Å²) in [4.78, 5) is 9.31. The Morgan fingerprint density at radius 3 is 3.00 bits per heavy atom. The molecule has 2 heterocycles. The van der Waals surface area contributed by atoms with Gasteiger partial charge in [0.05, 0.1) is 0 Å². The van der Waals surface area contributed by atoms with Gasteiger partial charge in [0.1, 0.15) is 11.2 Å². The molecule has 3 heteroatoms. The molecule has 0 bridgehead atoms. The van der Waals surface area contributed by atoms with E-state index >= 15 is 0 Å². The largest absolute Gasteiger partial charge is 0.244 e. The number of hydrogen-bond acceptors (Lipinski definition) is 3. The van der Waals surface area contributed by atoms with Gasteiger partial charge in [0.2, 0.25) is 0 Å². The second kappa shape index (κ2) is 2.83. The van der Waals surface area contributed by atoms with Gasteiger partial charge in [0.25, 0.3) is 0 Å². The molecule has 0 spiro atoms. The Morgan fingerprint density at radius 1 is 1.42 bits per heavy atom. The van der Waals surface area contributed by atoms with Crippen molar-refractivity contribution in [3.05, 3.63) is 23.5 Å². The third-order valence-corrected chi connectivity index (χ3v) is 2.83. The predicted octanol–water partition coefficient (Wildman–Crippen LogP) is 2.81. The molecule has 2 aromatic heterocycles. The van der Waals surface area contributed by atoms with Crippen molar-refractivity contribution in [2.45, 2.75) is 19.8 Å². The highest BCUT2D eigenvalue weighted by Gasteiger charge is 2.07. The van der Waals surface area contributed by atoms with E-state index in [-0.39, 0.29) is 0 Å². The van der Waals surface area contributed by atoms with Crippen molar-refractivity contribution < 1.29 is 0 Å². The lowest BCUT2D eigenvalue weighted by atomic mass is 10.1. The van der Waals surface area contributed by atoms with Crippen LogP contribution in [0.3, 0.4) is 0 Å². The Hall–Kier alpha value is -0.960. The average molecular weight is 178 g/mol. The summed E-state index contributed by atoms with van der Waals surface area (Å²) in [5.41, 5.74) is 1.36. The van der Waals surface area contributed by atoms with Gasteiger partial charge in [-0.05, 0) is 16.9 Å². The van der Waals surface area contributed by atoms with E-state index in [0.717, 1.165) is 4.83 Å². The first-order chi connectivity index (χ1) is 5.79. The summed E-state index contributed by atoms with van der Waals surface area (Å²) in [6.45, 7) is 4.38. The van der Waals surface area contributed by atoms with Gasteiger partial charge < -0.3 is 0 Å². The molecule has 0 aliphatic heterocycles. The fraction of sp³-hybridized carbons (Fsp3) is 0.333. The van der Waals surface area contributed by atoms with Gasteiger partial charge >= 0.3 is 0 Å². The van der Waals surface area contributed by atoms with Gasteiger partial charge in [-0.2, -0.15) is 0 Å². The number of fused-ring (bicyclic) bond motifs is 1. The lowest BCUT2D eigenvalue weighted by Gasteiger charge is -2.00. The maximum absolute atomic E-state index is 4.19. The first-order valence-electron chi connectivity index (χ1n) is 3.96. The van der Waals surface area contributed by atoms with E-state index in [4.69, 9.17) is 0 Å². The summed E-state index contributed by atoms with van der Waals surface area (Å²) in [6.07, 6.45) is 3.50. The first-order valence-corrected chi connectivity index (χ1v) is 4.84. The molecular weight excluding hydrogens is 168 g/mol. The number of rotatable bonds is 1. The van der Waals surface area contributed by atoms with E-state index in [2.05, 4.69) is 29.2 Å². The third kappa shape index (κ3) is 1.10. The van der Waals surface area contributed by atoms with Crippen LogP contribution in [0.5, 0.6) is 0 Å². The van der Waals surface area contributed by atoms with Crippen LogP contribution in [-0.2, 0) is 0 Å². The van der Waals surface area contributed by atoms with E-state index < -0.39 is 0 Å². The van der Waals surface area contributed by atoms with Crippen LogP contribution < -0.4 is 0 Å². The summed E-state index contributed by atoms with van der Waals surface area (Å²) in [6, 6.07) is 0. The van der Waals surface area contributed by atoms with Gasteiger partial charge in [-0.1, -0.05) is 13.8 Å². The lowest BCUT2D eigenvalue weighted by molar-refractivity contribution is 0.879. The van der Waals surface area contributed by atoms with E-state index in [9.17, 15) is 0 Å². The van der Waals surface area contributed by atoms with Crippen molar-refractivity contribution in [1.82, 2.24) is 9.97 Å². The normalized spacial score (nSPS) is 11.2. The molecule has 0 unspecified atom stereocenters. The number of hydrogen-bond donors (Lipinski definition) is 0. The van der Waals surface area contributed by atoms with Crippen LogP contribution in [0.1, 0.15) is 25.3 Å². The van der Waals surface area contributed by atoms with Crippen LogP contribution in [0.15, 0.2) is 17.9 Å². The summed E-state index contributed by atoms with van der Waals surface area (Å²) in [7, 11) is 0. The maximum Gasteiger partial charge on any atom is 0.126 e. The highest BCUT2D eigenvalue weighted by atomic mass is 32.1. The second-order valence-electron chi connectivity index (χ2n) is 3.09. The van der Waals surface area contributed by atoms with Crippen molar-refractivity contribution >= 4 is 21.6 Å². The number of thiophene rings is 1. The molecule has 0 saturated heterocycles. The summed E-state index contributed by atoms with van der Waals surface area (Å²) in [5, 5.41) is 3.38. The van der Waals surface area contributed by atoms with Crippen molar-refractivity contribution in [3.63, 3.8) is 0 Å². The number of nitrogens with zero attached hydrogens (tertiary/aromatic N) is 2. The van der Waals surface area contributed by atoms with Gasteiger partial charge in [0, 0.05) is 11.6 Å². The topological polar surface area (TPSA) is 25.8 Å². The molecule has 0 fully saturated rings. The smallest absolute Gasteiger partial charge is 0.126 e. The van der Waals surface area contributed by atoms with E-state index in [1.807, 2.05) is 6.20 Å². The van der Waals surface area contributed by atoms with Crippen molar-refractivity contribution in [2.75, 3.05) is 0 Å². The standard InChI is InChI=1S/C9H10N2S/c1-6(2)8-4-12-9-7(8)3-10-5-11-9/h3-6H,1-2H3. The molecule has 0 N–H and O–H groups in total. The molecule has 0 aliphatic rings. The zero-order valence-corrected chi connectivity index (χ0v) is 7.93. The third-order valence-electron chi connectivity index (χ3n) is 1.91. The van der Waals surface area contributed by atoms with E-state index in [1.54, 1.807) is 17.7 Å². The Balaban J connectivity index is 2.70. The Kier molecular flexibility index (Phi) is 1.81.